The van der Waals surface area contributed by atoms with E-state index in [0.717, 1.165) is 11.8 Å². The number of carbonyl (C=O) groups is 3. The van der Waals surface area contributed by atoms with Crippen molar-refractivity contribution >= 4 is 55.9 Å². The van der Waals surface area contributed by atoms with Crippen LogP contribution in [0.3, 0.4) is 0 Å². The number of unbranched alkanes of at least 4 members (excludes halogenated alkanes) is 2. The Kier molecular flexibility index (Phi) is 10.2. The molecule has 0 saturated carbocycles. The number of hydrogen-bond acceptors (Lipinski definition) is 8. The monoisotopic (exact) mass is 660 g/mol. The Hall–Kier alpha value is -5.99. The summed E-state index contributed by atoms with van der Waals surface area (Å²) in [5.74, 6) is 5.37. The van der Waals surface area contributed by atoms with E-state index in [1.165, 1.54) is 49.7 Å². The van der Waals surface area contributed by atoms with E-state index < -0.39 is 21.7 Å². The first-order valence-corrected chi connectivity index (χ1v) is 16.4. The number of aldehydes is 1. The van der Waals surface area contributed by atoms with E-state index in [4.69, 9.17) is 10.5 Å². The number of methoxy groups -OCH3 is 1. The summed E-state index contributed by atoms with van der Waals surface area (Å²) in [4.78, 5) is 40.3. The quantitative estimate of drug-likeness (QED) is 0.0859. The third kappa shape index (κ3) is 7.52. The molecule has 242 valence electrons. The summed E-state index contributed by atoms with van der Waals surface area (Å²) in [6.45, 7) is 1.72. The standard InChI is InChI=1S/C37H32N4O6S/c1-24-19-31(22-32-34(24)39-23-33(36(38)43)35(32)40-28-11-8-12-29(21-28)47-2)48(45,46)30-13-7-10-26(20-30)37(44)41-27-16-14-25(15-17-27)9-5-3-4-6-18-42/h7-8,10-23H,3-4,6H2,1-2H3,(H2,38,43)(H,39,40)(H,41,44). The molecule has 0 atom stereocenters. The second-order valence-corrected chi connectivity index (χ2v) is 12.8. The zero-order valence-electron chi connectivity index (χ0n) is 26.2. The molecule has 4 aromatic carbocycles. The zero-order valence-corrected chi connectivity index (χ0v) is 27.1. The lowest BCUT2D eigenvalue weighted by molar-refractivity contribution is -0.107. The van der Waals surface area contributed by atoms with Crippen molar-refractivity contribution in [1.82, 2.24) is 4.98 Å². The number of aromatic nitrogens is 1. The van der Waals surface area contributed by atoms with Crippen molar-refractivity contribution in [2.45, 2.75) is 36.0 Å². The molecule has 11 heteroatoms. The van der Waals surface area contributed by atoms with Crippen LogP contribution < -0.4 is 21.1 Å². The smallest absolute Gasteiger partial charge is 0.255 e. The minimum absolute atomic E-state index is 0.0509. The van der Waals surface area contributed by atoms with Crippen LogP contribution in [0.4, 0.5) is 17.1 Å². The molecule has 2 amide bonds. The average molecular weight is 661 g/mol. The molecule has 5 rings (SSSR count). The van der Waals surface area contributed by atoms with E-state index in [1.54, 1.807) is 55.5 Å². The summed E-state index contributed by atoms with van der Waals surface area (Å²) in [6.07, 6.45) is 4.02. The van der Waals surface area contributed by atoms with Gasteiger partial charge in [0, 0.05) is 53.0 Å². The minimum Gasteiger partial charge on any atom is -0.497 e. The lowest BCUT2D eigenvalue weighted by Crippen LogP contribution is -2.15. The van der Waals surface area contributed by atoms with E-state index in [-0.39, 0.29) is 20.9 Å². The number of carbonyl (C=O) groups excluding carboxylic acids is 3. The van der Waals surface area contributed by atoms with Crippen LogP contribution in [0.2, 0.25) is 0 Å². The van der Waals surface area contributed by atoms with Crippen molar-refractivity contribution < 1.29 is 27.5 Å². The summed E-state index contributed by atoms with van der Waals surface area (Å²) in [7, 11) is -2.61. The molecule has 0 saturated heterocycles. The van der Waals surface area contributed by atoms with Gasteiger partial charge in [0.2, 0.25) is 9.84 Å². The van der Waals surface area contributed by atoms with E-state index in [9.17, 15) is 22.8 Å². The van der Waals surface area contributed by atoms with Crippen molar-refractivity contribution in [3.63, 3.8) is 0 Å². The normalized spacial score (nSPS) is 10.9. The number of rotatable bonds is 11. The van der Waals surface area contributed by atoms with Gasteiger partial charge in [-0.2, -0.15) is 0 Å². The van der Waals surface area contributed by atoms with Gasteiger partial charge in [-0.15, -0.1) is 0 Å². The fourth-order valence-electron chi connectivity index (χ4n) is 4.99. The highest BCUT2D eigenvalue weighted by Crippen LogP contribution is 2.35. The Balaban J connectivity index is 1.45. The molecule has 0 aliphatic rings. The molecule has 1 aromatic heterocycles. The number of fused-ring (bicyclic) bond motifs is 1. The van der Waals surface area contributed by atoms with E-state index in [0.29, 0.717) is 58.5 Å². The number of benzene rings is 4. The Labute approximate surface area is 278 Å². The van der Waals surface area contributed by atoms with Crippen LogP contribution >= 0.6 is 0 Å². The maximum Gasteiger partial charge on any atom is 0.255 e. The number of amides is 2. The fraction of sp³-hybridized carbons (Fsp3) is 0.135. The molecule has 10 nitrogen and oxygen atoms in total. The summed E-state index contributed by atoms with van der Waals surface area (Å²) < 4.78 is 33.3. The van der Waals surface area contributed by atoms with Crippen LogP contribution in [0.15, 0.2) is 101 Å². The van der Waals surface area contributed by atoms with Crippen molar-refractivity contribution in [2.24, 2.45) is 5.73 Å². The lowest BCUT2D eigenvalue weighted by atomic mass is 10.1. The van der Waals surface area contributed by atoms with Gasteiger partial charge >= 0.3 is 0 Å². The molecule has 0 bridgehead atoms. The van der Waals surface area contributed by atoms with Crippen molar-refractivity contribution in [3.8, 4) is 17.6 Å². The topological polar surface area (TPSA) is 158 Å². The number of hydrogen-bond donors (Lipinski definition) is 3. The fourth-order valence-corrected chi connectivity index (χ4v) is 6.40. The largest absolute Gasteiger partial charge is 0.497 e. The summed E-state index contributed by atoms with van der Waals surface area (Å²) >= 11 is 0. The van der Waals surface area contributed by atoms with Gasteiger partial charge in [0.15, 0.2) is 0 Å². The van der Waals surface area contributed by atoms with Crippen LogP contribution in [0.25, 0.3) is 10.9 Å². The second-order valence-electron chi connectivity index (χ2n) is 10.8. The van der Waals surface area contributed by atoms with Gasteiger partial charge in [0.25, 0.3) is 11.8 Å². The van der Waals surface area contributed by atoms with Gasteiger partial charge in [-0.25, -0.2) is 8.42 Å². The van der Waals surface area contributed by atoms with Gasteiger partial charge in [0.1, 0.15) is 12.0 Å². The minimum atomic E-state index is -4.14. The third-order valence-corrected chi connectivity index (χ3v) is 9.19. The van der Waals surface area contributed by atoms with E-state index >= 15 is 0 Å². The van der Waals surface area contributed by atoms with Gasteiger partial charge in [-0.1, -0.05) is 24.0 Å². The van der Waals surface area contributed by atoms with Crippen LogP contribution in [-0.2, 0) is 14.6 Å². The number of nitrogens with two attached hydrogens (primary N) is 1. The number of anilines is 3. The molecule has 1 heterocycles. The van der Waals surface area contributed by atoms with E-state index in [1.807, 2.05) is 0 Å². The van der Waals surface area contributed by atoms with Gasteiger partial charge in [0.05, 0.1) is 33.7 Å². The number of primary amides is 1. The highest BCUT2D eigenvalue weighted by Gasteiger charge is 2.23. The molecule has 5 aromatic rings. The highest BCUT2D eigenvalue weighted by atomic mass is 32.2. The molecular weight excluding hydrogens is 628 g/mol. The number of aryl methyl sites for hydroxylation is 1. The molecule has 0 fully saturated rings. The van der Waals surface area contributed by atoms with Gasteiger partial charge in [-0.05, 0) is 85.6 Å². The van der Waals surface area contributed by atoms with Crippen LogP contribution in [0.5, 0.6) is 5.75 Å². The van der Waals surface area contributed by atoms with Crippen LogP contribution in [0, 0.1) is 18.8 Å². The van der Waals surface area contributed by atoms with Crippen molar-refractivity contribution in [3.05, 3.63) is 113 Å². The Morgan fingerprint density at radius 2 is 1.73 bits per heavy atom. The van der Waals surface area contributed by atoms with Gasteiger partial charge < -0.3 is 25.9 Å². The number of sulfone groups is 1. The van der Waals surface area contributed by atoms with E-state index in [2.05, 4.69) is 27.5 Å². The lowest BCUT2D eigenvalue weighted by Gasteiger charge is -2.16. The molecule has 48 heavy (non-hydrogen) atoms. The van der Waals surface area contributed by atoms with Crippen molar-refractivity contribution in [1.29, 1.82) is 0 Å². The van der Waals surface area contributed by atoms with Crippen molar-refractivity contribution in [2.75, 3.05) is 17.7 Å². The summed E-state index contributed by atoms with van der Waals surface area (Å²) in [5.41, 5.74) is 9.10. The molecule has 4 N–H and O–H groups in total. The maximum atomic E-state index is 14.0. The average Bonchev–Trinajstić information content (AvgIpc) is 3.09. The second kappa shape index (κ2) is 14.6. The SMILES string of the molecule is COc1cccc(Nc2c(C(N)=O)cnc3c(C)cc(S(=O)(=O)c4cccc(C(=O)Nc5ccc(C#CCCCC=O)cc5)c4)cc23)c1. The predicted octanol–water partition coefficient (Wildman–Crippen LogP) is 6.20. The summed E-state index contributed by atoms with van der Waals surface area (Å²) in [5, 5.41) is 6.36. The third-order valence-electron chi connectivity index (χ3n) is 7.46. The number of ether oxygens (including phenoxy) is 1. The Morgan fingerprint density at radius 1 is 0.958 bits per heavy atom. The summed E-state index contributed by atoms with van der Waals surface area (Å²) in [6, 6.07) is 22.7. The first kappa shape index (κ1) is 33.4. The maximum absolute atomic E-state index is 14.0. The molecule has 0 spiro atoms. The molecule has 0 unspecified atom stereocenters. The number of pyridine rings is 1. The molecular formula is C37H32N4O6S. The zero-order chi connectivity index (χ0) is 34.3. The Morgan fingerprint density at radius 3 is 2.46 bits per heavy atom. The molecule has 0 aliphatic heterocycles. The first-order valence-electron chi connectivity index (χ1n) is 14.9. The number of nitrogens with one attached hydrogen (secondary N) is 2. The first-order chi connectivity index (χ1) is 23.1. The van der Waals surface area contributed by atoms with Crippen LogP contribution in [0.1, 0.15) is 51.1 Å². The van der Waals surface area contributed by atoms with Gasteiger partial charge in [-0.3, -0.25) is 14.6 Å². The highest BCUT2D eigenvalue weighted by molar-refractivity contribution is 7.91. The number of nitrogens with zero attached hydrogens (tertiary/aromatic N) is 1. The Bertz CT molecular complexity index is 2200. The molecule has 0 radical (unpaired) electrons. The molecule has 0 aliphatic carbocycles. The van der Waals surface area contributed by atoms with Crippen LogP contribution in [-0.4, -0.2) is 38.6 Å². The predicted molar refractivity (Wildman–Crippen MR) is 184 cm³/mol.